The summed E-state index contributed by atoms with van der Waals surface area (Å²) in [5.74, 6) is -0.458. The van der Waals surface area contributed by atoms with Gasteiger partial charge in [0.05, 0.1) is 19.6 Å². The maximum Gasteiger partial charge on any atom is 0.269 e. The minimum absolute atomic E-state index is 0.127. The third kappa shape index (κ3) is 8.37. The van der Waals surface area contributed by atoms with Crippen LogP contribution >= 0.6 is 28.1 Å². The normalized spacial score (nSPS) is 14.7. The number of ether oxygens (including phenoxy) is 1. The Hall–Kier alpha value is -3.76. The highest BCUT2D eigenvalue weighted by atomic mass is 79.9. The zero-order valence-corrected chi connectivity index (χ0v) is 25.2. The Bertz CT molecular complexity index is 1350. The molecular weight excluding hydrogens is 604 g/mol. The van der Waals surface area contributed by atoms with Crippen LogP contribution in [-0.2, 0) is 16.1 Å². The van der Waals surface area contributed by atoms with E-state index in [1.54, 1.807) is 48.5 Å². The van der Waals surface area contributed by atoms with Crippen molar-refractivity contribution in [1.82, 2.24) is 15.3 Å². The highest BCUT2D eigenvalue weighted by Crippen LogP contribution is 2.23. The smallest absolute Gasteiger partial charge is 0.269 e. The lowest BCUT2D eigenvalue weighted by Crippen LogP contribution is -2.49. The SMILES string of the molecule is CCCCCCOc1ccc(NC(=O)CC2C(=O)N(Cc3ccccc3)C(=S)N2NC(=O)c2ccc(Br)cc2)cc1. The van der Waals surface area contributed by atoms with Gasteiger partial charge in [0, 0.05) is 15.7 Å². The summed E-state index contributed by atoms with van der Waals surface area (Å²) in [6.07, 6.45) is 4.29. The molecule has 214 valence electrons. The first-order chi connectivity index (χ1) is 19.9. The summed E-state index contributed by atoms with van der Waals surface area (Å²) in [6, 6.07) is 22.3. The van der Waals surface area contributed by atoms with E-state index in [1.165, 1.54) is 22.8 Å². The number of anilines is 1. The summed E-state index contributed by atoms with van der Waals surface area (Å²) in [6.45, 7) is 3.04. The monoisotopic (exact) mass is 636 g/mol. The molecule has 4 rings (SSSR count). The number of nitrogens with one attached hydrogen (secondary N) is 2. The van der Waals surface area contributed by atoms with Crippen LogP contribution in [0, 0.1) is 0 Å². The number of benzene rings is 3. The zero-order valence-electron chi connectivity index (χ0n) is 22.8. The van der Waals surface area contributed by atoms with Gasteiger partial charge in [0.25, 0.3) is 11.8 Å². The van der Waals surface area contributed by atoms with Gasteiger partial charge in [-0.25, -0.2) is 5.01 Å². The number of nitrogens with zero attached hydrogens (tertiary/aromatic N) is 2. The van der Waals surface area contributed by atoms with Crippen molar-refractivity contribution < 1.29 is 19.1 Å². The fourth-order valence-corrected chi connectivity index (χ4v) is 4.97. The number of hydrogen-bond acceptors (Lipinski definition) is 5. The van der Waals surface area contributed by atoms with E-state index in [1.807, 2.05) is 30.3 Å². The molecule has 1 aliphatic heterocycles. The van der Waals surface area contributed by atoms with Crippen LogP contribution in [-0.4, -0.2) is 45.4 Å². The number of thiocarbonyl (C=S) groups is 1. The van der Waals surface area contributed by atoms with Gasteiger partial charge in [0.1, 0.15) is 11.8 Å². The highest BCUT2D eigenvalue weighted by molar-refractivity contribution is 9.10. The Balaban J connectivity index is 1.43. The summed E-state index contributed by atoms with van der Waals surface area (Å²) in [5, 5.41) is 4.29. The predicted octanol–water partition coefficient (Wildman–Crippen LogP) is 6.08. The lowest BCUT2D eigenvalue weighted by atomic mass is 10.1. The lowest BCUT2D eigenvalue weighted by molar-refractivity contribution is -0.131. The molecule has 1 fully saturated rings. The van der Waals surface area contributed by atoms with Crippen LogP contribution in [0.5, 0.6) is 5.75 Å². The third-order valence-corrected chi connectivity index (χ3v) is 7.54. The molecule has 1 aliphatic rings. The molecule has 0 spiro atoms. The van der Waals surface area contributed by atoms with Gasteiger partial charge in [0.2, 0.25) is 5.91 Å². The van der Waals surface area contributed by atoms with E-state index in [0.717, 1.165) is 28.6 Å². The highest BCUT2D eigenvalue weighted by Gasteiger charge is 2.44. The number of hydrazine groups is 1. The molecule has 2 N–H and O–H groups in total. The second-order valence-electron chi connectivity index (χ2n) is 9.71. The quantitative estimate of drug-likeness (QED) is 0.175. The molecule has 8 nitrogen and oxygen atoms in total. The van der Waals surface area contributed by atoms with Crippen LogP contribution in [0.15, 0.2) is 83.3 Å². The second kappa shape index (κ2) is 14.7. The van der Waals surface area contributed by atoms with Crippen molar-refractivity contribution in [3.8, 4) is 5.75 Å². The Morgan fingerprint density at radius 1 is 0.951 bits per heavy atom. The molecule has 41 heavy (non-hydrogen) atoms. The van der Waals surface area contributed by atoms with Crippen LogP contribution in [0.2, 0.25) is 0 Å². The molecule has 3 aromatic carbocycles. The lowest BCUT2D eigenvalue weighted by Gasteiger charge is -2.24. The van der Waals surface area contributed by atoms with Crippen LogP contribution in [0.25, 0.3) is 0 Å². The summed E-state index contributed by atoms with van der Waals surface area (Å²) in [7, 11) is 0. The predicted molar refractivity (Wildman–Crippen MR) is 166 cm³/mol. The van der Waals surface area contributed by atoms with Crippen molar-refractivity contribution in [3.05, 3.63) is 94.5 Å². The molecule has 1 heterocycles. The van der Waals surface area contributed by atoms with Crippen LogP contribution in [0.4, 0.5) is 5.69 Å². The average Bonchev–Trinajstić information content (AvgIpc) is 3.18. The van der Waals surface area contributed by atoms with Crippen LogP contribution in [0.3, 0.4) is 0 Å². The van der Waals surface area contributed by atoms with E-state index >= 15 is 0 Å². The van der Waals surface area contributed by atoms with Crippen molar-refractivity contribution in [2.24, 2.45) is 0 Å². The van der Waals surface area contributed by atoms with Gasteiger partial charge < -0.3 is 10.1 Å². The Labute approximate surface area is 254 Å². The molecule has 0 saturated carbocycles. The maximum absolute atomic E-state index is 13.5. The first kappa shape index (κ1) is 30.2. The second-order valence-corrected chi connectivity index (χ2v) is 11.0. The molecular formula is C31H33BrN4O4S. The molecule has 0 bridgehead atoms. The number of unbranched alkanes of at least 4 members (excludes halogenated alkanes) is 3. The van der Waals surface area contributed by atoms with E-state index in [4.69, 9.17) is 17.0 Å². The number of hydrogen-bond donors (Lipinski definition) is 2. The van der Waals surface area contributed by atoms with Crippen molar-refractivity contribution in [1.29, 1.82) is 0 Å². The zero-order chi connectivity index (χ0) is 29.2. The molecule has 10 heteroatoms. The summed E-state index contributed by atoms with van der Waals surface area (Å²) in [5.41, 5.74) is 4.59. The fraction of sp³-hybridized carbons (Fsp3) is 0.290. The largest absolute Gasteiger partial charge is 0.494 e. The van der Waals surface area contributed by atoms with Gasteiger partial charge >= 0.3 is 0 Å². The minimum atomic E-state index is -1.00. The van der Waals surface area contributed by atoms with E-state index in [2.05, 4.69) is 33.6 Å². The number of carbonyl (C=O) groups excluding carboxylic acids is 3. The fourth-order valence-electron chi connectivity index (χ4n) is 4.38. The number of carbonyl (C=O) groups is 3. The van der Waals surface area contributed by atoms with Gasteiger partial charge in [0.15, 0.2) is 5.11 Å². The molecule has 3 aromatic rings. The standard InChI is InChI=1S/C31H33BrN4O4S/c1-2-3-4-8-19-40-26-17-15-25(16-18-26)33-28(37)20-27-30(39)35(21-22-9-6-5-7-10-22)31(41)36(27)34-29(38)23-11-13-24(32)14-12-23/h5-7,9-18,27H,2-4,8,19-21H2,1H3,(H,33,37)(H,34,38). The van der Waals surface area contributed by atoms with Crippen LogP contribution < -0.4 is 15.5 Å². The van der Waals surface area contributed by atoms with E-state index in [0.29, 0.717) is 17.9 Å². The molecule has 1 unspecified atom stereocenters. The third-order valence-electron chi connectivity index (χ3n) is 6.60. The Kier molecular flexibility index (Phi) is 10.9. The molecule has 3 amide bonds. The first-order valence-electron chi connectivity index (χ1n) is 13.6. The Morgan fingerprint density at radius 2 is 1.66 bits per heavy atom. The van der Waals surface area contributed by atoms with Crippen molar-refractivity contribution in [2.75, 3.05) is 11.9 Å². The molecule has 0 aromatic heterocycles. The van der Waals surface area contributed by atoms with Gasteiger partial charge in [-0.2, -0.15) is 0 Å². The van der Waals surface area contributed by atoms with Gasteiger partial charge in [-0.15, -0.1) is 0 Å². The van der Waals surface area contributed by atoms with E-state index in [9.17, 15) is 14.4 Å². The van der Waals surface area contributed by atoms with Crippen molar-refractivity contribution in [2.45, 2.75) is 51.6 Å². The topological polar surface area (TPSA) is 91.0 Å². The number of amides is 3. The summed E-state index contributed by atoms with van der Waals surface area (Å²) < 4.78 is 6.60. The Morgan fingerprint density at radius 3 is 2.34 bits per heavy atom. The summed E-state index contributed by atoms with van der Waals surface area (Å²) >= 11 is 8.98. The number of halogens is 1. The van der Waals surface area contributed by atoms with Gasteiger partial charge in [-0.3, -0.25) is 24.7 Å². The molecule has 1 saturated heterocycles. The van der Waals surface area contributed by atoms with E-state index in [-0.39, 0.29) is 29.9 Å². The minimum Gasteiger partial charge on any atom is -0.494 e. The number of rotatable bonds is 13. The van der Waals surface area contributed by atoms with E-state index < -0.39 is 11.9 Å². The van der Waals surface area contributed by atoms with Gasteiger partial charge in [-0.05, 0) is 72.7 Å². The molecule has 1 atom stereocenters. The molecule has 0 radical (unpaired) electrons. The maximum atomic E-state index is 13.5. The summed E-state index contributed by atoms with van der Waals surface area (Å²) in [4.78, 5) is 41.1. The van der Waals surface area contributed by atoms with Crippen molar-refractivity contribution in [3.63, 3.8) is 0 Å². The first-order valence-corrected chi connectivity index (χ1v) is 14.8. The molecule has 0 aliphatic carbocycles. The van der Waals surface area contributed by atoms with Gasteiger partial charge in [-0.1, -0.05) is 72.4 Å². The van der Waals surface area contributed by atoms with Crippen LogP contribution in [0.1, 0.15) is 54.9 Å². The van der Waals surface area contributed by atoms with Crippen molar-refractivity contribution >= 4 is 56.7 Å². The average molecular weight is 638 g/mol.